The summed E-state index contributed by atoms with van der Waals surface area (Å²) in [4.78, 5) is 0. The monoisotopic (exact) mass is 177 g/mol. The Balaban J connectivity index is 3.90. The third kappa shape index (κ3) is 3.49. The van der Waals surface area contributed by atoms with Crippen molar-refractivity contribution in [2.24, 2.45) is 0 Å². The fraction of sp³-hybridized carbons (Fsp3) is 0.875. The Kier molecular flexibility index (Phi) is 5.41. The van der Waals surface area contributed by atoms with Gasteiger partial charge in [-0.1, -0.05) is 13.3 Å². The normalized spacial score (nSPS) is 21.5. The topological polar surface area (TPSA) is 80.9 Å². The largest absolute Gasteiger partial charge is 0.391 e. The van der Waals surface area contributed by atoms with Gasteiger partial charge in [-0.2, -0.15) is 0 Å². The Labute approximate surface area is 72.5 Å². The summed E-state index contributed by atoms with van der Waals surface area (Å²) in [5.41, 5.74) is 0. The lowest BCUT2D eigenvalue weighted by Crippen LogP contribution is -2.43. The van der Waals surface area contributed by atoms with Gasteiger partial charge in [0.2, 0.25) is 0 Å². The van der Waals surface area contributed by atoms with Gasteiger partial charge < -0.3 is 20.4 Å². The SMILES string of the molecule is [CH2]CCC(O)C(O)C(O)C(C)O. The maximum absolute atomic E-state index is 9.20. The van der Waals surface area contributed by atoms with Crippen LogP contribution in [0.25, 0.3) is 0 Å². The van der Waals surface area contributed by atoms with E-state index in [2.05, 4.69) is 6.92 Å². The molecular weight excluding hydrogens is 160 g/mol. The Morgan fingerprint density at radius 1 is 1.08 bits per heavy atom. The minimum atomic E-state index is -1.30. The van der Waals surface area contributed by atoms with Crippen LogP contribution in [0.2, 0.25) is 0 Å². The van der Waals surface area contributed by atoms with Crippen molar-refractivity contribution in [1.29, 1.82) is 0 Å². The van der Waals surface area contributed by atoms with Gasteiger partial charge in [0.05, 0.1) is 12.2 Å². The molecule has 0 aliphatic heterocycles. The Hall–Kier alpha value is -0.160. The molecule has 1 radical (unpaired) electrons. The summed E-state index contributed by atoms with van der Waals surface area (Å²) < 4.78 is 0. The predicted octanol–water partition coefficient (Wildman–Crippen LogP) is -0.936. The molecule has 0 aromatic carbocycles. The average Bonchev–Trinajstić information content (AvgIpc) is 2.02. The van der Waals surface area contributed by atoms with Crippen LogP contribution < -0.4 is 0 Å². The molecule has 4 heteroatoms. The first-order valence-electron chi connectivity index (χ1n) is 4.02. The van der Waals surface area contributed by atoms with Crippen molar-refractivity contribution in [2.75, 3.05) is 0 Å². The van der Waals surface area contributed by atoms with E-state index in [9.17, 15) is 10.2 Å². The van der Waals surface area contributed by atoms with E-state index in [1.165, 1.54) is 6.92 Å². The van der Waals surface area contributed by atoms with Crippen molar-refractivity contribution in [3.05, 3.63) is 6.92 Å². The molecule has 0 rings (SSSR count). The molecule has 0 heterocycles. The van der Waals surface area contributed by atoms with Crippen molar-refractivity contribution < 1.29 is 20.4 Å². The first-order valence-corrected chi connectivity index (χ1v) is 4.02. The minimum absolute atomic E-state index is 0.310. The molecular formula is C8H17O4. The molecule has 4 N–H and O–H groups in total. The van der Waals surface area contributed by atoms with Crippen LogP contribution in [0, 0.1) is 6.92 Å². The smallest absolute Gasteiger partial charge is 0.108 e. The minimum Gasteiger partial charge on any atom is -0.391 e. The second-order valence-corrected chi connectivity index (χ2v) is 2.93. The molecule has 0 saturated heterocycles. The Morgan fingerprint density at radius 2 is 1.58 bits per heavy atom. The van der Waals surface area contributed by atoms with Crippen molar-refractivity contribution >= 4 is 0 Å². The molecule has 0 fully saturated rings. The van der Waals surface area contributed by atoms with E-state index in [4.69, 9.17) is 10.2 Å². The van der Waals surface area contributed by atoms with Gasteiger partial charge in [0.15, 0.2) is 0 Å². The summed E-state index contributed by atoms with van der Waals surface area (Å²) >= 11 is 0. The molecule has 0 aliphatic carbocycles. The van der Waals surface area contributed by atoms with E-state index in [1.807, 2.05) is 0 Å². The third-order valence-electron chi connectivity index (χ3n) is 1.74. The Bertz CT molecular complexity index is 116. The first kappa shape index (κ1) is 11.8. The van der Waals surface area contributed by atoms with Gasteiger partial charge in [-0.05, 0) is 13.3 Å². The third-order valence-corrected chi connectivity index (χ3v) is 1.74. The average molecular weight is 177 g/mol. The molecule has 12 heavy (non-hydrogen) atoms. The molecule has 0 saturated carbocycles. The highest BCUT2D eigenvalue weighted by Gasteiger charge is 2.27. The van der Waals surface area contributed by atoms with Crippen molar-refractivity contribution in [3.8, 4) is 0 Å². The zero-order valence-electron chi connectivity index (χ0n) is 7.22. The summed E-state index contributed by atoms with van der Waals surface area (Å²) in [6.45, 7) is 4.85. The number of aliphatic hydroxyl groups is 4. The Morgan fingerprint density at radius 3 is 1.92 bits per heavy atom. The van der Waals surface area contributed by atoms with Gasteiger partial charge in [0.1, 0.15) is 12.2 Å². The van der Waals surface area contributed by atoms with Crippen molar-refractivity contribution in [3.63, 3.8) is 0 Å². The quantitative estimate of drug-likeness (QED) is 0.437. The molecule has 0 aromatic heterocycles. The number of hydrogen-bond acceptors (Lipinski definition) is 4. The molecule has 0 spiro atoms. The zero-order valence-corrected chi connectivity index (χ0v) is 7.22. The first-order chi connectivity index (χ1) is 5.50. The van der Waals surface area contributed by atoms with Gasteiger partial charge >= 0.3 is 0 Å². The van der Waals surface area contributed by atoms with Gasteiger partial charge in [-0.3, -0.25) is 0 Å². The summed E-state index contributed by atoms with van der Waals surface area (Å²) in [7, 11) is 0. The summed E-state index contributed by atoms with van der Waals surface area (Å²) in [6.07, 6.45) is -3.87. The van der Waals surface area contributed by atoms with Crippen molar-refractivity contribution in [2.45, 2.75) is 44.2 Å². The second-order valence-electron chi connectivity index (χ2n) is 2.93. The number of rotatable bonds is 5. The molecule has 0 bridgehead atoms. The van der Waals surface area contributed by atoms with E-state index >= 15 is 0 Å². The van der Waals surface area contributed by atoms with Crippen LogP contribution in [-0.4, -0.2) is 44.8 Å². The van der Waals surface area contributed by atoms with Crippen LogP contribution in [0.15, 0.2) is 0 Å². The van der Waals surface area contributed by atoms with Crippen LogP contribution in [0.3, 0.4) is 0 Å². The fourth-order valence-electron chi connectivity index (χ4n) is 0.893. The summed E-state index contributed by atoms with van der Waals surface area (Å²) in [5, 5.41) is 36.4. The molecule has 4 unspecified atom stereocenters. The molecule has 0 amide bonds. The van der Waals surface area contributed by atoms with Gasteiger partial charge in [0, 0.05) is 0 Å². The second kappa shape index (κ2) is 5.48. The summed E-state index contributed by atoms with van der Waals surface area (Å²) in [6, 6.07) is 0. The number of aliphatic hydroxyl groups excluding tert-OH is 4. The maximum Gasteiger partial charge on any atom is 0.108 e. The highest BCUT2D eigenvalue weighted by atomic mass is 16.4. The highest BCUT2D eigenvalue weighted by molar-refractivity contribution is 4.78. The predicted molar refractivity (Wildman–Crippen MR) is 44.3 cm³/mol. The summed E-state index contributed by atoms with van der Waals surface area (Å²) in [5.74, 6) is 0. The van der Waals surface area contributed by atoms with Crippen LogP contribution in [0.4, 0.5) is 0 Å². The van der Waals surface area contributed by atoms with Gasteiger partial charge in [-0.15, -0.1) is 0 Å². The fourth-order valence-corrected chi connectivity index (χ4v) is 0.893. The van der Waals surface area contributed by atoms with E-state index < -0.39 is 24.4 Å². The lowest BCUT2D eigenvalue weighted by atomic mass is 10.0. The molecule has 73 valence electrons. The molecule has 4 nitrogen and oxygen atoms in total. The van der Waals surface area contributed by atoms with Gasteiger partial charge in [0.25, 0.3) is 0 Å². The maximum atomic E-state index is 9.20. The zero-order chi connectivity index (χ0) is 9.72. The van der Waals surface area contributed by atoms with Crippen LogP contribution in [0.5, 0.6) is 0 Å². The van der Waals surface area contributed by atoms with Crippen LogP contribution in [0.1, 0.15) is 19.8 Å². The van der Waals surface area contributed by atoms with E-state index in [0.717, 1.165) is 0 Å². The van der Waals surface area contributed by atoms with E-state index in [1.54, 1.807) is 0 Å². The lowest BCUT2D eigenvalue weighted by molar-refractivity contribution is -0.101. The molecule has 0 aromatic rings. The molecule has 4 atom stereocenters. The molecule has 0 aliphatic rings. The van der Waals surface area contributed by atoms with Crippen molar-refractivity contribution in [1.82, 2.24) is 0 Å². The number of hydrogen-bond donors (Lipinski definition) is 4. The highest BCUT2D eigenvalue weighted by Crippen LogP contribution is 2.08. The van der Waals surface area contributed by atoms with E-state index in [-0.39, 0.29) is 0 Å². The van der Waals surface area contributed by atoms with Crippen LogP contribution >= 0.6 is 0 Å². The van der Waals surface area contributed by atoms with Gasteiger partial charge in [-0.25, -0.2) is 0 Å². The van der Waals surface area contributed by atoms with E-state index in [0.29, 0.717) is 12.8 Å². The lowest BCUT2D eigenvalue weighted by Gasteiger charge is -2.24. The standard InChI is InChI=1S/C8H17O4/c1-3-4-6(10)8(12)7(11)5(2)9/h5-12H,1,3-4H2,2H3. The van der Waals surface area contributed by atoms with Crippen LogP contribution in [-0.2, 0) is 0 Å².